The van der Waals surface area contributed by atoms with Gasteiger partial charge in [-0.05, 0) is 41.0 Å². The van der Waals surface area contributed by atoms with Gasteiger partial charge in [-0.25, -0.2) is 0 Å². The minimum Gasteiger partial charge on any atom is -0.494 e. The highest BCUT2D eigenvalue weighted by atomic mass is 35.5. The fourth-order valence-corrected chi connectivity index (χ4v) is 4.53. The predicted molar refractivity (Wildman–Crippen MR) is 147 cm³/mol. The Morgan fingerprint density at radius 3 is 2.36 bits per heavy atom. The summed E-state index contributed by atoms with van der Waals surface area (Å²) < 4.78 is 17.8. The number of rotatable bonds is 11. The molecule has 8 heteroatoms. The summed E-state index contributed by atoms with van der Waals surface area (Å²) in [5.41, 5.74) is 3.13. The summed E-state index contributed by atoms with van der Waals surface area (Å²) in [6, 6.07) is 23.5. The maximum Gasteiger partial charge on any atom is 0.119 e. The van der Waals surface area contributed by atoms with Crippen molar-refractivity contribution in [2.24, 2.45) is 0 Å². The Bertz CT molecular complexity index is 1050. The van der Waals surface area contributed by atoms with Crippen LogP contribution in [0.4, 0.5) is 0 Å². The molecule has 1 aliphatic rings. The Morgan fingerprint density at radius 1 is 0.833 bits per heavy atom. The zero-order chi connectivity index (χ0) is 24.5. The van der Waals surface area contributed by atoms with Crippen molar-refractivity contribution in [2.75, 3.05) is 26.3 Å². The van der Waals surface area contributed by atoms with Crippen molar-refractivity contribution in [3.8, 4) is 5.75 Å². The Labute approximate surface area is 229 Å². The van der Waals surface area contributed by atoms with Crippen molar-refractivity contribution in [3.63, 3.8) is 0 Å². The van der Waals surface area contributed by atoms with Gasteiger partial charge in [-0.3, -0.25) is 0 Å². The lowest BCUT2D eigenvalue weighted by Gasteiger charge is -2.36. The van der Waals surface area contributed by atoms with Crippen LogP contribution in [0.3, 0.4) is 0 Å². The third kappa shape index (κ3) is 8.35. The average Bonchev–Trinajstić information content (AvgIpc) is 2.88. The Balaban J connectivity index is 0.00000361. The van der Waals surface area contributed by atoms with Crippen LogP contribution in [0.25, 0.3) is 0 Å². The molecule has 1 heterocycles. The molecule has 5 nitrogen and oxygen atoms in total. The molecule has 0 spiro atoms. The van der Waals surface area contributed by atoms with Gasteiger partial charge in [-0.2, -0.15) is 0 Å². The molecule has 1 saturated heterocycles. The molecular formula is C28H32Cl3NO4. The standard InChI is InChI=1S/C28H31Cl2NO4.ClH/c29-24-12-7-21(15-25(24)30)19-35-27-17-31-16-26(32)28(27)22-8-10-23(11-9-22)34-14-4-13-33-18-20-5-2-1-3-6-20;/h1-3,5-12,15,26-28,31-32H,4,13-14,16-19H2;1H. The highest BCUT2D eigenvalue weighted by Gasteiger charge is 2.34. The van der Waals surface area contributed by atoms with E-state index in [-0.39, 0.29) is 24.4 Å². The second-order valence-electron chi connectivity index (χ2n) is 8.66. The number of hydrogen-bond acceptors (Lipinski definition) is 5. The van der Waals surface area contributed by atoms with Crippen LogP contribution in [0, 0.1) is 0 Å². The molecule has 194 valence electrons. The summed E-state index contributed by atoms with van der Waals surface area (Å²) in [4.78, 5) is 0. The van der Waals surface area contributed by atoms with Crippen LogP contribution in [0.2, 0.25) is 10.0 Å². The number of ether oxygens (including phenoxy) is 3. The smallest absolute Gasteiger partial charge is 0.119 e. The summed E-state index contributed by atoms with van der Waals surface area (Å²) >= 11 is 12.1. The number of halogens is 3. The van der Waals surface area contributed by atoms with Crippen molar-refractivity contribution in [1.82, 2.24) is 5.32 Å². The largest absolute Gasteiger partial charge is 0.494 e. The summed E-state index contributed by atoms with van der Waals surface area (Å²) in [6.45, 7) is 3.41. The van der Waals surface area contributed by atoms with Gasteiger partial charge in [-0.15, -0.1) is 12.4 Å². The summed E-state index contributed by atoms with van der Waals surface area (Å²) in [7, 11) is 0. The molecule has 3 aromatic rings. The Kier molecular flexibility index (Phi) is 11.8. The normalized spacial score (nSPS) is 19.5. The van der Waals surface area contributed by atoms with Crippen molar-refractivity contribution in [3.05, 3.63) is 99.5 Å². The second-order valence-corrected chi connectivity index (χ2v) is 9.47. The molecule has 4 rings (SSSR count). The monoisotopic (exact) mass is 551 g/mol. The highest BCUT2D eigenvalue weighted by Crippen LogP contribution is 2.31. The van der Waals surface area contributed by atoms with E-state index >= 15 is 0 Å². The Morgan fingerprint density at radius 2 is 1.61 bits per heavy atom. The van der Waals surface area contributed by atoms with Gasteiger partial charge in [0.05, 0.1) is 48.7 Å². The van der Waals surface area contributed by atoms with E-state index in [0.29, 0.717) is 49.6 Å². The molecular weight excluding hydrogens is 521 g/mol. The molecule has 1 aliphatic heterocycles. The maximum atomic E-state index is 10.7. The first-order valence-electron chi connectivity index (χ1n) is 11.9. The number of piperidine rings is 1. The molecule has 0 aliphatic carbocycles. The summed E-state index contributed by atoms with van der Waals surface area (Å²) in [5, 5.41) is 15.0. The summed E-state index contributed by atoms with van der Waals surface area (Å²) in [5.74, 6) is 0.660. The van der Waals surface area contributed by atoms with Crippen LogP contribution in [0.15, 0.2) is 72.8 Å². The van der Waals surface area contributed by atoms with Crippen LogP contribution in [-0.2, 0) is 22.7 Å². The third-order valence-corrected chi connectivity index (χ3v) is 6.78. The fourth-order valence-electron chi connectivity index (χ4n) is 4.21. The minimum atomic E-state index is -0.545. The molecule has 36 heavy (non-hydrogen) atoms. The van der Waals surface area contributed by atoms with Crippen molar-refractivity contribution >= 4 is 35.6 Å². The van der Waals surface area contributed by atoms with E-state index in [4.69, 9.17) is 37.4 Å². The van der Waals surface area contributed by atoms with Gasteiger partial charge < -0.3 is 24.6 Å². The quantitative estimate of drug-likeness (QED) is 0.284. The van der Waals surface area contributed by atoms with E-state index in [1.54, 1.807) is 6.07 Å². The molecule has 0 aromatic heterocycles. The Hall–Kier alpha value is -1.83. The lowest BCUT2D eigenvalue weighted by Crippen LogP contribution is -2.49. The van der Waals surface area contributed by atoms with Crippen LogP contribution >= 0.6 is 35.6 Å². The number of β-amino-alcohol motifs (C(OH)–C–C–N with tert-alkyl or cyclic N) is 1. The van der Waals surface area contributed by atoms with Gasteiger partial charge in [0.25, 0.3) is 0 Å². The first-order chi connectivity index (χ1) is 17.1. The number of benzene rings is 3. The van der Waals surface area contributed by atoms with Crippen molar-refractivity contribution in [2.45, 2.75) is 37.8 Å². The zero-order valence-corrected chi connectivity index (χ0v) is 22.3. The van der Waals surface area contributed by atoms with E-state index < -0.39 is 6.10 Å². The van der Waals surface area contributed by atoms with E-state index in [1.807, 2.05) is 54.6 Å². The van der Waals surface area contributed by atoms with Crippen LogP contribution < -0.4 is 10.1 Å². The van der Waals surface area contributed by atoms with Gasteiger partial charge in [0.2, 0.25) is 0 Å². The molecule has 2 N–H and O–H groups in total. The predicted octanol–water partition coefficient (Wildman–Crippen LogP) is 6.03. The lowest BCUT2D eigenvalue weighted by molar-refractivity contribution is -0.0328. The van der Waals surface area contributed by atoms with Gasteiger partial charge in [0, 0.05) is 25.4 Å². The maximum absolute atomic E-state index is 10.7. The van der Waals surface area contributed by atoms with Gasteiger partial charge in [0.1, 0.15) is 5.75 Å². The van der Waals surface area contributed by atoms with E-state index in [2.05, 4.69) is 17.4 Å². The summed E-state index contributed by atoms with van der Waals surface area (Å²) in [6.07, 6.45) is 0.0875. The van der Waals surface area contributed by atoms with E-state index in [0.717, 1.165) is 23.3 Å². The first-order valence-corrected chi connectivity index (χ1v) is 12.6. The highest BCUT2D eigenvalue weighted by molar-refractivity contribution is 6.42. The molecule has 0 saturated carbocycles. The van der Waals surface area contributed by atoms with E-state index in [9.17, 15) is 5.11 Å². The molecule has 0 radical (unpaired) electrons. The molecule has 3 atom stereocenters. The SMILES string of the molecule is Cl.OC1CNCC(OCc2ccc(Cl)c(Cl)c2)C1c1ccc(OCCCOCc2ccccc2)cc1. The lowest BCUT2D eigenvalue weighted by atomic mass is 9.85. The third-order valence-electron chi connectivity index (χ3n) is 6.04. The first kappa shape index (κ1) is 28.7. The fraction of sp³-hybridized carbons (Fsp3) is 0.357. The molecule has 0 amide bonds. The minimum absolute atomic E-state index is 0. The van der Waals surface area contributed by atoms with Crippen molar-refractivity contribution in [1.29, 1.82) is 0 Å². The van der Waals surface area contributed by atoms with Gasteiger partial charge >= 0.3 is 0 Å². The number of aliphatic hydroxyl groups excluding tert-OH is 1. The average molecular weight is 553 g/mol. The van der Waals surface area contributed by atoms with Crippen molar-refractivity contribution < 1.29 is 19.3 Å². The zero-order valence-electron chi connectivity index (χ0n) is 19.9. The number of nitrogens with one attached hydrogen (secondary N) is 1. The van der Waals surface area contributed by atoms with E-state index in [1.165, 1.54) is 5.56 Å². The topological polar surface area (TPSA) is 60.0 Å². The molecule has 3 aromatic carbocycles. The van der Waals surface area contributed by atoms with Crippen LogP contribution in [-0.4, -0.2) is 43.6 Å². The van der Waals surface area contributed by atoms with Crippen LogP contribution in [0.1, 0.15) is 29.0 Å². The molecule has 0 bridgehead atoms. The van der Waals surface area contributed by atoms with Gasteiger partial charge in [0.15, 0.2) is 0 Å². The number of aliphatic hydroxyl groups is 1. The van der Waals surface area contributed by atoms with Crippen LogP contribution in [0.5, 0.6) is 5.75 Å². The van der Waals surface area contributed by atoms with Gasteiger partial charge in [-0.1, -0.05) is 71.7 Å². The second kappa shape index (κ2) is 14.8. The molecule has 3 unspecified atom stereocenters. The molecule has 1 fully saturated rings. The number of hydrogen-bond donors (Lipinski definition) is 2.